The Hall–Kier alpha value is -1.12. The van der Waals surface area contributed by atoms with Gasteiger partial charge in [-0.25, -0.2) is 0 Å². The van der Waals surface area contributed by atoms with Gasteiger partial charge in [-0.3, -0.25) is 9.48 Å². The lowest BCUT2D eigenvalue weighted by molar-refractivity contribution is 0.101. The third-order valence-corrected chi connectivity index (χ3v) is 4.36. The van der Waals surface area contributed by atoms with Crippen LogP contribution in [0.25, 0.3) is 0 Å². The summed E-state index contributed by atoms with van der Waals surface area (Å²) < 4.78 is 2.12. The quantitative estimate of drug-likeness (QED) is 0.762. The van der Waals surface area contributed by atoms with Crippen molar-refractivity contribution in [2.45, 2.75) is 65.8 Å². The topological polar surface area (TPSA) is 34.9 Å². The second-order valence-corrected chi connectivity index (χ2v) is 5.64. The highest BCUT2D eigenvalue weighted by molar-refractivity contribution is 5.96. The van der Waals surface area contributed by atoms with Crippen molar-refractivity contribution < 1.29 is 4.79 Å². The van der Waals surface area contributed by atoms with Gasteiger partial charge in [-0.15, -0.1) is 0 Å². The van der Waals surface area contributed by atoms with Gasteiger partial charge in [0.05, 0.1) is 17.3 Å². The number of hydrogen-bond donors (Lipinski definition) is 0. The largest absolute Gasteiger partial charge is 0.294 e. The van der Waals surface area contributed by atoms with E-state index in [1.54, 1.807) is 6.92 Å². The van der Waals surface area contributed by atoms with Crippen LogP contribution < -0.4 is 0 Å². The van der Waals surface area contributed by atoms with Gasteiger partial charge in [-0.1, -0.05) is 26.2 Å². The number of hydrogen-bond acceptors (Lipinski definition) is 2. The van der Waals surface area contributed by atoms with Crippen LogP contribution in [0, 0.1) is 19.8 Å². The van der Waals surface area contributed by atoms with Crippen LogP contribution in [0.15, 0.2) is 0 Å². The lowest BCUT2D eigenvalue weighted by atomic mass is 9.84. The van der Waals surface area contributed by atoms with Crippen LogP contribution in [0.5, 0.6) is 0 Å². The summed E-state index contributed by atoms with van der Waals surface area (Å²) in [5.74, 6) is 0.965. The second-order valence-electron chi connectivity index (χ2n) is 5.64. The Balaban J connectivity index is 2.28. The fraction of sp³-hybridized carbons (Fsp3) is 0.733. The third-order valence-electron chi connectivity index (χ3n) is 4.36. The summed E-state index contributed by atoms with van der Waals surface area (Å²) >= 11 is 0. The maximum Gasteiger partial charge on any atom is 0.163 e. The average molecular weight is 248 g/mol. The normalized spacial score (nSPS) is 24.2. The lowest BCUT2D eigenvalue weighted by Crippen LogP contribution is -2.21. The van der Waals surface area contributed by atoms with Crippen molar-refractivity contribution in [2.75, 3.05) is 0 Å². The number of rotatable bonds is 3. The molecule has 1 aliphatic rings. The highest BCUT2D eigenvalue weighted by atomic mass is 16.1. The molecule has 100 valence electrons. The molecule has 1 aromatic rings. The Bertz CT molecular complexity index is 448. The van der Waals surface area contributed by atoms with Gasteiger partial charge in [-0.2, -0.15) is 5.10 Å². The third kappa shape index (κ3) is 2.36. The summed E-state index contributed by atoms with van der Waals surface area (Å²) in [6, 6.07) is 0.496. The van der Waals surface area contributed by atoms with Crippen LogP contribution in [0.3, 0.4) is 0 Å². The smallest absolute Gasteiger partial charge is 0.163 e. The highest BCUT2D eigenvalue weighted by Gasteiger charge is 2.26. The molecule has 2 atom stereocenters. The van der Waals surface area contributed by atoms with Gasteiger partial charge in [-0.05, 0) is 39.5 Å². The minimum absolute atomic E-state index is 0.138. The molecule has 1 fully saturated rings. The van der Waals surface area contributed by atoms with E-state index in [1.807, 2.05) is 13.8 Å². The predicted octanol–water partition coefficient (Wildman–Crippen LogP) is 3.84. The molecule has 0 aromatic carbocycles. The molecule has 0 radical (unpaired) electrons. The fourth-order valence-corrected chi connectivity index (χ4v) is 3.38. The van der Waals surface area contributed by atoms with Crippen LogP contribution in [0.1, 0.15) is 73.7 Å². The van der Waals surface area contributed by atoms with Gasteiger partial charge in [0.1, 0.15) is 0 Å². The molecule has 0 amide bonds. The van der Waals surface area contributed by atoms with E-state index in [1.165, 1.54) is 32.1 Å². The van der Waals surface area contributed by atoms with Gasteiger partial charge in [0.2, 0.25) is 0 Å². The van der Waals surface area contributed by atoms with Crippen molar-refractivity contribution >= 4 is 5.78 Å². The van der Waals surface area contributed by atoms with Gasteiger partial charge < -0.3 is 0 Å². The number of Topliss-reactive ketones (excluding diaryl/α,β-unsaturated/α-hetero) is 1. The Kier molecular flexibility index (Phi) is 3.88. The Morgan fingerprint density at radius 3 is 2.67 bits per heavy atom. The van der Waals surface area contributed by atoms with Crippen molar-refractivity contribution in [2.24, 2.45) is 5.92 Å². The molecule has 2 unspecified atom stereocenters. The van der Waals surface area contributed by atoms with Crippen molar-refractivity contribution in [3.8, 4) is 0 Å². The average Bonchev–Trinajstić information content (AvgIpc) is 2.65. The zero-order chi connectivity index (χ0) is 13.3. The first kappa shape index (κ1) is 13.3. The maximum absolute atomic E-state index is 11.7. The van der Waals surface area contributed by atoms with Crippen molar-refractivity contribution in [3.63, 3.8) is 0 Å². The molecule has 1 aromatic heterocycles. The van der Waals surface area contributed by atoms with Crippen LogP contribution in [-0.4, -0.2) is 15.6 Å². The number of nitrogens with zero attached hydrogens (tertiary/aromatic N) is 2. The standard InChI is InChI=1S/C15H24N2O/c1-5-13-7-6-8-14(9-13)17-11(3)15(12(4)18)10(2)16-17/h13-14H,5-9H2,1-4H3. The number of carbonyl (C=O) groups is 1. The Morgan fingerprint density at radius 1 is 1.39 bits per heavy atom. The zero-order valence-corrected chi connectivity index (χ0v) is 12.0. The number of ketones is 1. The summed E-state index contributed by atoms with van der Waals surface area (Å²) in [4.78, 5) is 11.7. The predicted molar refractivity (Wildman–Crippen MR) is 73.0 cm³/mol. The first-order valence-corrected chi connectivity index (χ1v) is 7.11. The monoisotopic (exact) mass is 248 g/mol. The van der Waals surface area contributed by atoms with Gasteiger partial charge in [0.15, 0.2) is 5.78 Å². The second kappa shape index (κ2) is 5.25. The molecule has 3 nitrogen and oxygen atoms in total. The van der Waals surface area contributed by atoms with Gasteiger partial charge in [0.25, 0.3) is 0 Å². The molecule has 1 aliphatic carbocycles. The first-order valence-electron chi connectivity index (χ1n) is 7.11. The Morgan fingerprint density at radius 2 is 2.11 bits per heavy atom. The van der Waals surface area contributed by atoms with E-state index in [0.29, 0.717) is 6.04 Å². The molecule has 3 heteroatoms. The van der Waals surface area contributed by atoms with Crippen molar-refractivity contribution in [1.82, 2.24) is 9.78 Å². The summed E-state index contributed by atoms with van der Waals surface area (Å²) in [5, 5.41) is 4.62. The number of carbonyl (C=O) groups excluding carboxylic acids is 1. The van der Waals surface area contributed by atoms with Crippen LogP contribution >= 0.6 is 0 Å². The summed E-state index contributed by atoms with van der Waals surface area (Å²) in [6.07, 6.45) is 6.32. The maximum atomic E-state index is 11.7. The van der Waals surface area contributed by atoms with E-state index < -0.39 is 0 Å². The van der Waals surface area contributed by atoms with Crippen LogP contribution in [-0.2, 0) is 0 Å². The fourth-order valence-electron chi connectivity index (χ4n) is 3.38. The van der Waals surface area contributed by atoms with Crippen molar-refractivity contribution in [3.05, 3.63) is 17.0 Å². The van der Waals surface area contributed by atoms with E-state index in [2.05, 4.69) is 16.7 Å². The van der Waals surface area contributed by atoms with Crippen LogP contribution in [0.4, 0.5) is 0 Å². The molecule has 0 spiro atoms. The van der Waals surface area contributed by atoms with Gasteiger partial charge >= 0.3 is 0 Å². The molecular formula is C15H24N2O. The van der Waals surface area contributed by atoms with E-state index in [4.69, 9.17) is 0 Å². The van der Waals surface area contributed by atoms with Gasteiger partial charge in [0, 0.05) is 5.69 Å². The first-order chi connectivity index (χ1) is 8.54. The van der Waals surface area contributed by atoms with Crippen molar-refractivity contribution in [1.29, 1.82) is 0 Å². The zero-order valence-electron chi connectivity index (χ0n) is 12.0. The SMILES string of the molecule is CCC1CCCC(n2nc(C)c(C(C)=O)c2C)C1. The van der Waals surface area contributed by atoms with E-state index in [0.717, 1.165) is 22.9 Å². The lowest BCUT2D eigenvalue weighted by Gasteiger charge is -2.29. The minimum atomic E-state index is 0.138. The summed E-state index contributed by atoms with van der Waals surface area (Å²) in [7, 11) is 0. The molecular weight excluding hydrogens is 224 g/mol. The molecule has 2 rings (SSSR count). The van der Waals surface area contributed by atoms with E-state index in [-0.39, 0.29) is 5.78 Å². The minimum Gasteiger partial charge on any atom is -0.294 e. The van der Waals surface area contributed by atoms with E-state index in [9.17, 15) is 4.79 Å². The molecule has 18 heavy (non-hydrogen) atoms. The Labute approximate surface area is 110 Å². The molecule has 1 saturated carbocycles. The molecule has 1 heterocycles. The number of aryl methyl sites for hydroxylation is 1. The molecule has 0 N–H and O–H groups in total. The van der Waals surface area contributed by atoms with Crippen LogP contribution in [0.2, 0.25) is 0 Å². The summed E-state index contributed by atoms with van der Waals surface area (Å²) in [5.41, 5.74) is 2.77. The highest BCUT2D eigenvalue weighted by Crippen LogP contribution is 2.35. The molecule has 0 aliphatic heterocycles. The molecule has 0 saturated heterocycles. The molecule has 0 bridgehead atoms. The van der Waals surface area contributed by atoms with E-state index >= 15 is 0 Å². The number of aromatic nitrogens is 2. The summed E-state index contributed by atoms with van der Waals surface area (Å²) in [6.45, 7) is 7.89.